The zero-order chi connectivity index (χ0) is 12.8. The lowest BCUT2D eigenvalue weighted by atomic mass is 10.0. The number of halogens is 2. The zero-order valence-corrected chi connectivity index (χ0v) is 10.1. The summed E-state index contributed by atoms with van der Waals surface area (Å²) in [6, 6.07) is 2.95. The number of benzene rings is 1. The molecule has 1 rings (SSSR count). The second-order valence-corrected chi connectivity index (χ2v) is 4.02. The molecule has 0 aromatic heterocycles. The maximum atomic E-state index is 13.3. The Morgan fingerprint density at radius 1 is 1.29 bits per heavy atom. The first kappa shape index (κ1) is 13.6. The van der Waals surface area contributed by atoms with Crippen LogP contribution in [0.1, 0.15) is 37.0 Å². The fraction of sp³-hybridized carbons (Fsp3) is 0.462. The lowest BCUT2D eigenvalue weighted by Crippen LogP contribution is -2.29. The average Bonchev–Trinajstić information content (AvgIpc) is 2.30. The first-order valence-corrected chi connectivity index (χ1v) is 5.81. The van der Waals surface area contributed by atoms with Crippen LogP contribution in [0.2, 0.25) is 0 Å². The van der Waals surface area contributed by atoms with Gasteiger partial charge in [-0.05, 0) is 18.1 Å². The quantitative estimate of drug-likeness (QED) is 0.843. The topological polar surface area (TPSA) is 29.1 Å². The Bertz CT molecular complexity index is 389. The van der Waals surface area contributed by atoms with E-state index in [-0.39, 0.29) is 5.56 Å². The van der Waals surface area contributed by atoms with Gasteiger partial charge in [-0.1, -0.05) is 26.7 Å². The first-order chi connectivity index (χ1) is 8.08. The number of carbonyl (C=O) groups excluding carboxylic acids is 1. The molecule has 1 N–H and O–H groups in total. The second kappa shape index (κ2) is 6.33. The third-order valence-corrected chi connectivity index (χ3v) is 2.88. The largest absolute Gasteiger partial charge is 0.352 e. The molecule has 0 atom stereocenters. The number of hydrogen-bond acceptors (Lipinski definition) is 1. The summed E-state index contributed by atoms with van der Waals surface area (Å²) < 4.78 is 26.0. The third-order valence-electron chi connectivity index (χ3n) is 2.88. The lowest BCUT2D eigenvalue weighted by molar-refractivity contribution is 0.0942. The van der Waals surface area contributed by atoms with E-state index in [9.17, 15) is 13.6 Å². The smallest absolute Gasteiger partial charge is 0.254 e. The summed E-state index contributed by atoms with van der Waals surface area (Å²) in [7, 11) is 0. The van der Waals surface area contributed by atoms with Gasteiger partial charge in [0, 0.05) is 12.6 Å². The molecular weight excluding hydrogens is 224 g/mol. The molecule has 4 heteroatoms. The Kier molecular flexibility index (Phi) is 5.07. The number of amides is 1. The van der Waals surface area contributed by atoms with Crippen molar-refractivity contribution in [2.24, 2.45) is 5.92 Å². The SMILES string of the molecule is CCC(CC)CNC(=O)c1ccc(F)cc1F. The van der Waals surface area contributed by atoms with E-state index in [1.807, 2.05) is 13.8 Å². The minimum atomic E-state index is -0.827. The normalized spacial score (nSPS) is 10.6. The lowest BCUT2D eigenvalue weighted by Gasteiger charge is -2.13. The molecule has 0 heterocycles. The molecule has 0 fully saturated rings. The van der Waals surface area contributed by atoms with Crippen molar-refractivity contribution in [3.63, 3.8) is 0 Å². The Hall–Kier alpha value is -1.45. The van der Waals surface area contributed by atoms with Crippen LogP contribution in [0.15, 0.2) is 18.2 Å². The Balaban J connectivity index is 2.64. The number of carbonyl (C=O) groups is 1. The van der Waals surface area contributed by atoms with Crippen molar-refractivity contribution in [3.05, 3.63) is 35.4 Å². The fourth-order valence-corrected chi connectivity index (χ4v) is 1.58. The highest BCUT2D eigenvalue weighted by Gasteiger charge is 2.13. The van der Waals surface area contributed by atoms with Gasteiger partial charge in [0.05, 0.1) is 5.56 Å². The van der Waals surface area contributed by atoms with Gasteiger partial charge < -0.3 is 5.32 Å². The van der Waals surface area contributed by atoms with E-state index in [2.05, 4.69) is 5.32 Å². The van der Waals surface area contributed by atoms with E-state index in [0.717, 1.165) is 25.0 Å². The van der Waals surface area contributed by atoms with Gasteiger partial charge in [0.2, 0.25) is 0 Å². The molecule has 1 aromatic rings. The minimum Gasteiger partial charge on any atom is -0.352 e. The van der Waals surface area contributed by atoms with Gasteiger partial charge in [0.25, 0.3) is 5.91 Å². The van der Waals surface area contributed by atoms with Crippen LogP contribution in [0.5, 0.6) is 0 Å². The summed E-state index contributed by atoms with van der Waals surface area (Å²) in [6.07, 6.45) is 1.92. The van der Waals surface area contributed by atoms with Crippen molar-refractivity contribution < 1.29 is 13.6 Å². The van der Waals surface area contributed by atoms with E-state index in [1.54, 1.807) is 0 Å². The highest BCUT2D eigenvalue weighted by molar-refractivity contribution is 5.94. The molecule has 0 aliphatic heterocycles. The molecule has 0 unspecified atom stereocenters. The van der Waals surface area contributed by atoms with Crippen molar-refractivity contribution in [1.82, 2.24) is 5.32 Å². The molecule has 94 valence electrons. The molecule has 17 heavy (non-hydrogen) atoms. The van der Waals surface area contributed by atoms with Crippen molar-refractivity contribution >= 4 is 5.91 Å². The molecule has 1 amide bonds. The highest BCUT2D eigenvalue weighted by atomic mass is 19.1. The van der Waals surface area contributed by atoms with Crippen LogP contribution in [0.4, 0.5) is 8.78 Å². The van der Waals surface area contributed by atoms with Crippen molar-refractivity contribution in [1.29, 1.82) is 0 Å². The molecule has 0 radical (unpaired) electrons. The number of rotatable bonds is 5. The van der Waals surface area contributed by atoms with Crippen molar-refractivity contribution in [2.75, 3.05) is 6.54 Å². The minimum absolute atomic E-state index is 0.114. The van der Waals surface area contributed by atoms with Crippen LogP contribution in [0, 0.1) is 17.6 Å². The summed E-state index contributed by atoms with van der Waals surface area (Å²) >= 11 is 0. The van der Waals surface area contributed by atoms with Crippen LogP contribution in [0.3, 0.4) is 0 Å². The average molecular weight is 241 g/mol. The summed E-state index contributed by atoms with van der Waals surface area (Å²) in [5, 5.41) is 2.66. The first-order valence-electron chi connectivity index (χ1n) is 5.81. The van der Waals surface area contributed by atoms with Crippen LogP contribution < -0.4 is 5.32 Å². The van der Waals surface area contributed by atoms with Gasteiger partial charge in [0.15, 0.2) is 0 Å². The molecule has 0 aliphatic rings. The molecule has 0 spiro atoms. The highest BCUT2D eigenvalue weighted by Crippen LogP contribution is 2.10. The maximum absolute atomic E-state index is 13.3. The van der Waals surface area contributed by atoms with Crippen molar-refractivity contribution in [3.8, 4) is 0 Å². The third kappa shape index (κ3) is 3.80. The van der Waals surface area contributed by atoms with Crippen LogP contribution in [-0.2, 0) is 0 Å². The summed E-state index contributed by atoms with van der Waals surface area (Å²) in [5.74, 6) is -1.61. The van der Waals surface area contributed by atoms with Gasteiger partial charge >= 0.3 is 0 Å². The van der Waals surface area contributed by atoms with Gasteiger partial charge in [-0.15, -0.1) is 0 Å². The second-order valence-electron chi connectivity index (χ2n) is 4.02. The molecule has 0 saturated heterocycles. The predicted molar refractivity (Wildman–Crippen MR) is 62.8 cm³/mol. The Morgan fingerprint density at radius 2 is 1.94 bits per heavy atom. The number of hydrogen-bond donors (Lipinski definition) is 1. The predicted octanol–water partition coefficient (Wildman–Crippen LogP) is 3.13. The van der Waals surface area contributed by atoms with Crippen LogP contribution in [-0.4, -0.2) is 12.5 Å². The molecule has 1 aromatic carbocycles. The van der Waals surface area contributed by atoms with E-state index >= 15 is 0 Å². The van der Waals surface area contributed by atoms with E-state index < -0.39 is 17.5 Å². The molecule has 2 nitrogen and oxygen atoms in total. The Labute approximate surface area is 100 Å². The molecule has 0 bridgehead atoms. The van der Waals surface area contributed by atoms with Crippen molar-refractivity contribution in [2.45, 2.75) is 26.7 Å². The summed E-state index contributed by atoms with van der Waals surface area (Å²) in [6.45, 7) is 4.60. The van der Waals surface area contributed by atoms with Crippen LogP contribution >= 0.6 is 0 Å². The van der Waals surface area contributed by atoms with Gasteiger partial charge in [-0.2, -0.15) is 0 Å². The summed E-state index contributed by atoms with van der Waals surface area (Å²) in [5.41, 5.74) is -0.114. The number of nitrogens with one attached hydrogen (secondary N) is 1. The summed E-state index contributed by atoms with van der Waals surface area (Å²) in [4.78, 5) is 11.6. The molecule has 0 saturated carbocycles. The monoisotopic (exact) mass is 241 g/mol. The maximum Gasteiger partial charge on any atom is 0.254 e. The zero-order valence-electron chi connectivity index (χ0n) is 10.1. The van der Waals surface area contributed by atoms with Gasteiger partial charge in [-0.25, -0.2) is 8.78 Å². The molecular formula is C13H17F2NO. The van der Waals surface area contributed by atoms with Crippen LogP contribution in [0.25, 0.3) is 0 Å². The van der Waals surface area contributed by atoms with E-state index in [1.165, 1.54) is 0 Å². The fourth-order valence-electron chi connectivity index (χ4n) is 1.58. The Morgan fingerprint density at radius 3 is 2.47 bits per heavy atom. The van der Waals surface area contributed by atoms with E-state index in [0.29, 0.717) is 18.5 Å². The standard InChI is InChI=1S/C13H17F2NO/c1-3-9(4-2)8-16-13(17)11-6-5-10(14)7-12(11)15/h5-7,9H,3-4,8H2,1-2H3,(H,16,17). The molecule has 0 aliphatic carbocycles. The van der Waals surface area contributed by atoms with E-state index in [4.69, 9.17) is 0 Å². The van der Waals surface area contributed by atoms with Gasteiger partial charge in [-0.3, -0.25) is 4.79 Å². The van der Waals surface area contributed by atoms with Gasteiger partial charge in [0.1, 0.15) is 11.6 Å².